The van der Waals surface area contributed by atoms with Crippen molar-refractivity contribution in [2.75, 3.05) is 13.1 Å². The summed E-state index contributed by atoms with van der Waals surface area (Å²) < 4.78 is 0. The normalized spacial score (nSPS) is 31.9. The van der Waals surface area contributed by atoms with E-state index in [0.717, 1.165) is 32.4 Å². The lowest BCUT2D eigenvalue weighted by molar-refractivity contribution is -0.144. The molecule has 116 valence electrons. The molecule has 2 fully saturated rings. The molecule has 0 aliphatic heterocycles. The molecule has 0 aromatic heterocycles. The van der Waals surface area contributed by atoms with Gasteiger partial charge in [-0.15, -0.1) is 0 Å². The number of aliphatic carboxylic acids is 1. The topological polar surface area (TPSA) is 66.6 Å². The number of carbonyl (C=O) groups is 1. The molecule has 2 aliphatic rings. The molecule has 0 saturated heterocycles. The predicted molar refractivity (Wildman–Crippen MR) is 80.6 cm³/mol. The van der Waals surface area contributed by atoms with Crippen LogP contribution in [0.25, 0.3) is 0 Å². The van der Waals surface area contributed by atoms with Gasteiger partial charge in [0.25, 0.3) is 0 Å². The standard InChI is InChI=1S/C16H30N2O2/c1-2-18(14-8-4-3-5-9-14)12-10-13-7-6-11-16(13,17)15(19)20/h13-14H,2-12,17H2,1H3,(H,19,20). The SMILES string of the molecule is CCN(CCC1CCCC1(N)C(=O)O)C1CCCCC1. The number of nitrogens with zero attached hydrogens (tertiary/aromatic N) is 1. The summed E-state index contributed by atoms with van der Waals surface area (Å²) in [4.78, 5) is 14.0. The fourth-order valence-electron chi connectivity index (χ4n) is 4.15. The molecule has 2 rings (SSSR count). The quantitative estimate of drug-likeness (QED) is 0.786. The molecule has 0 bridgehead atoms. The fourth-order valence-corrected chi connectivity index (χ4v) is 4.15. The molecule has 2 atom stereocenters. The number of carboxylic acid groups (broad SMARTS) is 1. The van der Waals surface area contributed by atoms with Gasteiger partial charge in [-0.2, -0.15) is 0 Å². The van der Waals surface area contributed by atoms with Gasteiger partial charge in [0.2, 0.25) is 0 Å². The summed E-state index contributed by atoms with van der Waals surface area (Å²) in [6, 6.07) is 0.715. The van der Waals surface area contributed by atoms with Gasteiger partial charge in [-0.3, -0.25) is 4.79 Å². The lowest BCUT2D eigenvalue weighted by Crippen LogP contribution is -2.52. The van der Waals surface area contributed by atoms with Crippen LogP contribution in [0.4, 0.5) is 0 Å². The van der Waals surface area contributed by atoms with Crippen molar-refractivity contribution >= 4 is 5.97 Å². The summed E-state index contributed by atoms with van der Waals surface area (Å²) in [5.74, 6) is -0.654. The molecule has 4 heteroatoms. The third-order valence-electron chi connectivity index (χ3n) is 5.53. The second kappa shape index (κ2) is 6.90. The van der Waals surface area contributed by atoms with E-state index in [-0.39, 0.29) is 5.92 Å². The maximum atomic E-state index is 11.4. The first-order chi connectivity index (χ1) is 9.58. The Balaban J connectivity index is 1.87. The van der Waals surface area contributed by atoms with E-state index in [1.54, 1.807) is 0 Å². The summed E-state index contributed by atoms with van der Waals surface area (Å²) in [7, 11) is 0. The molecule has 0 radical (unpaired) electrons. The van der Waals surface area contributed by atoms with Crippen LogP contribution in [0.15, 0.2) is 0 Å². The number of hydrogen-bond donors (Lipinski definition) is 2. The highest BCUT2D eigenvalue weighted by Gasteiger charge is 2.45. The minimum absolute atomic E-state index is 0.151. The molecule has 0 aromatic carbocycles. The molecular weight excluding hydrogens is 252 g/mol. The third kappa shape index (κ3) is 3.34. The molecule has 0 heterocycles. The second-order valence-electron chi connectivity index (χ2n) is 6.64. The summed E-state index contributed by atoms with van der Waals surface area (Å²) in [6.45, 7) is 4.30. The fraction of sp³-hybridized carbons (Fsp3) is 0.938. The van der Waals surface area contributed by atoms with Gasteiger partial charge in [0.15, 0.2) is 0 Å². The molecule has 2 unspecified atom stereocenters. The zero-order valence-electron chi connectivity index (χ0n) is 12.8. The van der Waals surface area contributed by atoms with Crippen LogP contribution >= 0.6 is 0 Å². The van der Waals surface area contributed by atoms with E-state index in [4.69, 9.17) is 5.73 Å². The van der Waals surface area contributed by atoms with E-state index in [0.29, 0.717) is 12.5 Å². The lowest BCUT2D eigenvalue weighted by Gasteiger charge is -2.35. The number of nitrogens with two attached hydrogens (primary N) is 1. The van der Waals surface area contributed by atoms with Crippen LogP contribution < -0.4 is 5.73 Å². The van der Waals surface area contributed by atoms with Crippen molar-refractivity contribution < 1.29 is 9.90 Å². The van der Waals surface area contributed by atoms with Crippen molar-refractivity contribution in [3.05, 3.63) is 0 Å². The van der Waals surface area contributed by atoms with Crippen molar-refractivity contribution in [3.8, 4) is 0 Å². The summed E-state index contributed by atoms with van der Waals surface area (Å²) in [5, 5.41) is 9.38. The average molecular weight is 282 g/mol. The number of carboxylic acids is 1. The Morgan fingerprint density at radius 1 is 1.25 bits per heavy atom. The Kier molecular flexibility index (Phi) is 5.44. The Bertz CT molecular complexity index is 328. The predicted octanol–water partition coefficient (Wildman–Crippen LogP) is 2.61. The van der Waals surface area contributed by atoms with Crippen molar-refractivity contribution in [1.82, 2.24) is 4.90 Å². The zero-order valence-corrected chi connectivity index (χ0v) is 12.8. The number of hydrogen-bond acceptors (Lipinski definition) is 3. The van der Waals surface area contributed by atoms with E-state index >= 15 is 0 Å². The Morgan fingerprint density at radius 3 is 2.55 bits per heavy atom. The average Bonchev–Trinajstić information content (AvgIpc) is 2.84. The summed E-state index contributed by atoms with van der Waals surface area (Å²) in [6.07, 6.45) is 10.2. The van der Waals surface area contributed by atoms with Gasteiger partial charge >= 0.3 is 5.97 Å². The highest BCUT2D eigenvalue weighted by Crippen LogP contribution is 2.36. The van der Waals surface area contributed by atoms with Gasteiger partial charge in [0.05, 0.1) is 0 Å². The number of rotatable bonds is 6. The highest BCUT2D eigenvalue weighted by atomic mass is 16.4. The van der Waals surface area contributed by atoms with Gasteiger partial charge in [0.1, 0.15) is 5.54 Å². The van der Waals surface area contributed by atoms with Crippen molar-refractivity contribution in [3.63, 3.8) is 0 Å². The first-order valence-corrected chi connectivity index (χ1v) is 8.34. The van der Waals surface area contributed by atoms with Gasteiger partial charge in [0, 0.05) is 6.04 Å². The highest BCUT2D eigenvalue weighted by molar-refractivity contribution is 5.79. The van der Waals surface area contributed by atoms with Crippen LogP contribution in [0.1, 0.15) is 64.7 Å². The Morgan fingerprint density at radius 2 is 1.95 bits per heavy atom. The first-order valence-electron chi connectivity index (χ1n) is 8.34. The van der Waals surface area contributed by atoms with Crippen LogP contribution in [-0.4, -0.2) is 40.6 Å². The van der Waals surface area contributed by atoms with Gasteiger partial charge in [-0.1, -0.05) is 32.6 Å². The molecule has 2 saturated carbocycles. The molecule has 20 heavy (non-hydrogen) atoms. The van der Waals surface area contributed by atoms with Crippen LogP contribution in [0, 0.1) is 5.92 Å². The lowest BCUT2D eigenvalue weighted by atomic mass is 9.85. The van der Waals surface area contributed by atoms with E-state index in [1.807, 2.05) is 0 Å². The monoisotopic (exact) mass is 282 g/mol. The van der Waals surface area contributed by atoms with Crippen LogP contribution in [0.5, 0.6) is 0 Å². The van der Waals surface area contributed by atoms with Gasteiger partial charge in [-0.05, 0) is 51.1 Å². The van der Waals surface area contributed by atoms with E-state index in [9.17, 15) is 9.90 Å². The second-order valence-corrected chi connectivity index (χ2v) is 6.64. The maximum absolute atomic E-state index is 11.4. The smallest absolute Gasteiger partial charge is 0.323 e. The van der Waals surface area contributed by atoms with Crippen LogP contribution in [0.3, 0.4) is 0 Å². The molecule has 2 aliphatic carbocycles. The molecule has 3 N–H and O–H groups in total. The Hall–Kier alpha value is -0.610. The molecule has 0 spiro atoms. The zero-order chi connectivity index (χ0) is 14.6. The van der Waals surface area contributed by atoms with E-state index in [2.05, 4.69) is 11.8 Å². The van der Waals surface area contributed by atoms with Crippen molar-refractivity contribution in [2.24, 2.45) is 11.7 Å². The summed E-state index contributed by atoms with van der Waals surface area (Å²) >= 11 is 0. The first kappa shape index (κ1) is 15.8. The molecule has 0 aromatic rings. The van der Waals surface area contributed by atoms with E-state index < -0.39 is 11.5 Å². The van der Waals surface area contributed by atoms with Gasteiger partial charge < -0.3 is 15.7 Å². The Labute approximate surface area is 122 Å². The van der Waals surface area contributed by atoms with E-state index in [1.165, 1.54) is 32.1 Å². The van der Waals surface area contributed by atoms with Crippen LogP contribution in [-0.2, 0) is 4.79 Å². The molecular formula is C16H30N2O2. The van der Waals surface area contributed by atoms with Gasteiger partial charge in [-0.25, -0.2) is 0 Å². The van der Waals surface area contributed by atoms with Crippen molar-refractivity contribution in [2.45, 2.75) is 76.3 Å². The minimum atomic E-state index is -0.966. The minimum Gasteiger partial charge on any atom is -0.480 e. The maximum Gasteiger partial charge on any atom is 0.323 e. The largest absolute Gasteiger partial charge is 0.480 e. The van der Waals surface area contributed by atoms with Crippen LogP contribution in [0.2, 0.25) is 0 Å². The van der Waals surface area contributed by atoms with Crippen molar-refractivity contribution in [1.29, 1.82) is 0 Å². The third-order valence-corrected chi connectivity index (χ3v) is 5.53. The molecule has 0 amide bonds. The summed E-state index contributed by atoms with van der Waals surface area (Å²) in [5.41, 5.74) is 5.17. The molecule has 4 nitrogen and oxygen atoms in total.